The Balaban J connectivity index is 1.57. The van der Waals surface area contributed by atoms with E-state index in [0.29, 0.717) is 26.2 Å². The normalized spacial score (nSPS) is 17.2. The second-order valence-corrected chi connectivity index (χ2v) is 8.26. The molecule has 2 aromatic carbocycles. The van der Waals surface area contributed by atoms with E-state index in [0.717, 1.165) is 6.54 Å². The third-order valence-corrected chi connectivity index (χ3v) is 6.66. The average molecular weight is 377 g/mol. The summed E-state index contributed by atoms with van der Waals surface area (Å²) in [6.07, 6.45) is 4.21. The van der Waals surface area contributed by atoms with Gasteiger partial charge in [0.2, 0.25) is 10.0 Å². The van der Waals surface area contributed by atoms with E-state index in [9.17, 15) is 8.42 Å². The van der Waals surface area contributed by atoms with Gasteiger partial charge in [0.15, 0.2) is 0 Å². The van der Waals surface area contributed by atoms with E-state index >= 15 is 0 Å². The second-order valence-electron chi connectivity index (χ2n) is 5.95. The number of sulfonamides is 1. The number of hydrogen-bond acceptors (Lipinski definition) is 3. The highest BCUT2D eigenvalue weighted by molar-refractivity contribution is 7.89. The summed E-state index contributed by atoms with van der Waals surface area (Å²) in [4.78, 5) is 2.44. The van der Waals surface area contributed by atoms with Crippen molar-refractivity contribution >= 4 is 27.7 Å². The Hall–Kier alpha value is -1.66. The first-order valence-electron chi connectivity index (χ1n) is 8.26. The maximum atomic E-state index is 12.7. The largest absolute Gasteiger partial charge is 0.297 e. The van der Waals surface area contributed by atoms with Gasteiger partial charge < -0.3 is 0 Å². The summed E-state index contributed by atoms with van der Waals surface area (Å²) in [7, 11) is -3.52. The van der Waals surface area contributed by atoms with E-state index in [1.165, 1.54) is 9.87 Å². The van der Waals surface area contributed by atoms with Crippen molar-refractivity contribution in [1.29, 1.82) is 0 Å². The van der Waals surface area contributed by atoms with Crippen LogP contribution in [0.2, 0.25) is 5.02 Å². The lowest BCUT2D eigenvalue weighted by molar-refractivity contribution is 0.204. The SMILES string of the molecule is O=S(=O)(c1ccccc1Cl)N1CCN(CC=Cc2ccccc2)CC1. The zero-order chi connectivity index (χ0) is 17.7. The highest BCUT2D eigenvalue weighted by Crippen LogP contribution is 2.24. The molecule has 4 nitrogen and oxygen atoms in total. The lowest BCUT2D eigenvalue weighted by Gasteiger charge is -2.33. The lowest BCUT2D eigenvalue weighted by Crippen LogP contribution is -2.48. The van der Waals surface area contributed by atoms with Crippen LogP contribution in [-0.2, 0) is 10.0 Å². The van der Waals surface area contributed by atoms with Crippen LogP contribution in [0.4, 0.5) is 0 Å². The number of piperazine rings is 1. The molecule has 0 aromatic heterocycles. The Morgan fingerprint density at radius 2 is 1.56 bits per heavy atom. The van der Waals surface area contributed by atoms with Crippen LogP contribution in [0.5, 0.6) is 0 Å². The Labute approximate surface area is 154 Å². The van der Waals surface area contributed by atoms with Gasteiger partial charge in [-0.25, -0.2) is 8.42 Å². The fraction of sp³-hybridized carbons (Fsp3) is 0.263. The molecular weight excluding hydrogens is 356 g/mol. The molecule has 0 spiro atoms. The van der Waals surface area contributed by atoms with Crippen molar-refractivity contribution in [3.63, 3.8) is 0 Å². The van der Waals surface area contributed by atoms with Gasteiger partial charge in [0.25, 0.3) is 0 Å². The maximum Gasteiger partial charge on any atom is 0.244 e. The van der Waals surface area contributed by atoms with Gasteiger partial charge in [-0.1, -0.05) is 66.2 Å². The molecule has 0 amide bonds. The minimum atomic E-state index is -3.52. The highest BCUT2D eigenvalue weighted by atomic mass is 35.5. The molecule has 0 atom stereocenters. The minimum Gasteiger partial charge on any atom is -0.297 e. The summed E-state index contributed by atoms with van der Waals surface area (Å²) >= 11 is 6.06. The van der Waals surface area contributed by atoms with Gasteiger partial charge in [0.05, 0.1) is 5.02 Å². The molecule has 6 heteroatoms. The summed E-state index contributed by atoms with van der Waals surface area (Å²) in [5.41, 5.74) is 1.17. The fourth-order valence-electron chi connectivity index (χ4n) is 2.85. The molecule has 2 aromatic rings. The molecule has 0 saturated carbocycles. The van der Waals surface area contributed by atoms with Crippen LogP contribution >= 0.6 is 11.6 Å². The predicted octanol–water partition coefficient (Wildman–Crippen LogP) is 3.36. The van der Waals surface area contributed by atoms with Crippen molar-refractivity contribution in [2.24, 2.45) is 0 Å². The van der Waals surface area contributed by atoms with E-state index in [-0.39, 0.29) is 9.92 Å². The molecule has 1 aliphatic heterocycles. The van der Waals surface area contributed by atoms with Gasteiger partial charge in [-0.3, -0.25) is 4.90 Å². The van der Waals surface area contributed by atoms with Crippen molar-refractivity contribution in [3.05, 3.63) is 71.3 Å². The Bertz CT molecular complexity index is 830. The van der Waals surface area contributed by atoms with E-state index < -0.39 is 10.0 Å². The predicted molar refractivity (Wildman–Crippen MR) is 102 cm³/mol. The van der Waals surface area contributed by atoms with Gasteiger partial charge in [0.1, 0.15) is 4.90 Å². The summed E-state index contributed by atoms with van der Waals surface area (Å²) in [6, 6.07) is 16.7. The molecule has 0 N–H and O–H groups in total. The quantitative estimate of drug-likeness (QED) is 0.803. The zero-order valence-corrected chi connectivity index (χ0v) is 15.5. The lowest BCUT2D eigenvalue weighted by atomic mass is 10.2. The van der Waals surface area contributed by atoms with E-state index in [4.69, 9.17) is 11.6 Å². The van der Waals surface area contributed by atoms with E-state index in [2.05, 4.69) is 29.2 Å². The highest BCUT2D eigenvalue weighted by Gasteiger charge is 2.29. The number of hydrogen-bond donors (Lipinski definition) is 0. The summed E-state index contributed by atoms with van der Waals surface area (Å²) < 4.78 is 27.0. The third kappa shape index (κ3) is 4.50. The maximum absolute atomic E-state index is 12.7. The second kappa shape index (κ2) is 8.15. The van der Waals surface area contributed by atoms with Crippen molar-refractivity contribution < 1.29 is 8.42 Å². The fourth-order valence-corrected chi connectivity index (χ4v) is 4.76. The first-order valence-corrected chi connectivity index (χ1v) is 10.1. The van der Waals surface area contributed by atoms with Crippen LogP contribution < -0.4 is 0 Å². The van der Waals surface area contributed by atoms with Crippen molar-refractivity contribution in [2.45, 2.75) is 4.90 Å². The van der Waals surface area contributed by atoms with Crippen LogP contribution in [0.25, 0.3) is 6.08 Å². The van der Waals surface area contributed by atoms with Gasteiger partial charge >= 0.3 is 0 Å². The molecule has 1 saturated heterocycles. The van der Waals surface area contributed by atoms with E-state index in [1.54, 1.807) is 24.3 Å². The van der Waals surface area contributed by atoms with Crippen LogP contribution in [-0.4, -0.2) is 50.3 Å². The molecule has 1 heterocycles. The van der Waals surface area contributed by atoms with Crippen LogP contribution in [0, 0.1) is 0 Å². The van der Waals surface area contributed by atoms with Gasteiger partial charge in [-0.05, 0) is 17.7 Å². The van der Waals surface area contributed by atoms with Crippen LogP contribution in [0.1, 0.15) is 5.56 Å². The molecule has 1 fully saturated rings. The van der Waals surface area contributed by atoms with Gasteiger partial charge in [0, 0.05) is 32.7 Å². The first-order chi connectivity index (χ1) is 12.1. The van der Waals surface area contributed by atoms with Crippen molar-refractivity contribution in [2.75, 3.05) is 32.7 Å². The van der Waals surface area contributed by atoms with E-state index in [1.807, 2.05) is 18.2 Å². The van der Waals surface area contributed by atoms with Crippen LogP contribution in [0.3, 0.4) is 0 Å². The zero-order valence-electron chi connectivity index (χ0n) is 13.9. The smallest absolute Gasteiger partial charge is 0.244 e. The monoisotopic (exact) mass is 376 g/mol. The third-order valence-electron chi connectivity index (χ3n) is 4.26. The number of rotatable bonds is 5. The minimum absolute atomic E-state index is 0.189. The topological polar surface area (TPSA) is 40.6 Å². The molecule has 0 unspecified atom stereocenters. The number of benzene rings is 2. The molecule has 132 valence electrons. The summed E-state index contributed by atoms with van der Waals surface area (Å²) in [6.45, 7) is 3.19. The summed E-state index contributed by atoms with van der Waals surface area (Å²) in [5, 5.41) is 0.274. The molecule has 3 rings (SSSR count). The average Bonchev–Trinajstić information content (AvgIpc) is 2.63. The standard InChI is InChI=1S/C19H21ClN2O2S/c20-18-10-4-5-11-19(18)25(23,24)22-15-13-21(14-16-22)12-6-9-17-7-2-1-3-8-17/h1-11H,12-16H2. The first kappa shape index (κ1) is 18.1. The van der Waals surface area contributed by atoms with Gasteiger partial charge in [-0.2, -0.15) is 4.31 Å². The number of halogens is 1. The molecule has 25 heavy (non-hydrogen) atoms. The molecule has 0 bridgehead atoms. The molecule has 1 aliphatic rings. The molecule has 0 aliphatic carbocycles. The van der Waals surface area contributed by atoms with Crippen molar-refractivity contribution in [1.82, 2.24) is 9.21 Å². The number of nitrogens with zero attached hydrogens (tertiary/aromatic N) is 2. The Kier molecular flexibility index (Phi) is 5.91. The Morgan fingerprint density at radius 1 is 0.920 bits per heavy atom. The molecular formula is C19H21ClN2O2S. The summed E-state index contributed by atoms with van der Waals surface area (Å²) in [5.74, 6) is 0. The van der Waals surface area contributed by atoms with Crippen LogP contribution in [0.15, 0.2) is 65.6 Å². The van der Waals surface area contributed by atoms with Gasteiger partial charge in [-0.15, -0.1) is 0 Å². The Morgan fingerprint density at radius 3 is 2.24 bits per heavy atom. The molecule has 0 radical (unpaired) electrons. The van der Waals surface area contributed by atoms with Crippen molar-refractivity contribution in [3.8, 4) is 0 Å².